The number of hydrogen-bond donors (Lipinski definition) is 3. The monoisotopic (exact) mass is 334 g/mol. The van der Waals surface area contributed by atoms with Crippen LogP contribution in [0.1, 0.15) is 25.3 Å². The van der Waals surface area contributed by atoms with Crippen LogP contribution in [-0.4, -0.2) is 5.91 Å². The van der Waals surface area contributed by atoms with Gasteiger partial charge in [0.2, 0.25) is 0 Å². The molecule has 4 N–H and O–H groups in total. The lowest BCUT2D eigenvalue weighted by atomic mass is 10.1. The van der Waals surface area contributed by atoms with Crippen molar-refractivity contribution in [3.63, 3.8) is 0 Å². The van der Waals surface area contributed by atoms with Gasteiger partial charge in [0.25, 0.3) is 5.91 Å². The topological polar surface area (TPSA) is 90.9 Å². The van der Waals surface area contributed by atoms with E-state index in [1.807, 2.05) is 30.3 Å². The fourth-order valence-corrected chi connectivity index (χ4v) is 2.22. The highest BCUT2D eigenvalue weighted by Crippen LogP contribution is 2.14. The van der Waals surface area contributed by atoms with Crippen LogP contribution in [-0.2, 0) is 11.2 Å². The number of nitrogens with one attached hydrogen (secondary N) is 2. The SMILES string of the molecule is CCCCc1ccc(NC(=O)/C(C#N)=C\Nc2ccc(N)cc2)cc1. The van der Waals surface area contributed by atoms with Crippen LogP contribution >= 0.6 is 0 Å². The molecule has 2 aromatic carbocycles. The number of rotatable bonds is 7. The predicted octanol–water partition coefficient (Wildman–Crippen LogP) is 4.07. The van der Waals surface area contributed by atoms with Crippen LogP contribution in [0.4, 0.5) is 17.1 Å². The van der Waals surface area contributed by atoms with Crippen molar-refractivity contribution in [2.24, 2.45) is 0 Å². The average molecular weight is 334 g/mol. The highest BCUT2D eigenvalue weighted by molar-refractivity contribution is 6.06. The third-order valence-corrected chi connectivity index (χ3v) is 3.69. The molecule has 0 aliphatic carbocycles. The maximum absolute atomic E-state index is 12.2. The van der Waals surface area contributed by atoms with Gasteiger partial charge in [-0.15, -0.1) is 0 Å². The summed E-state index contributed by atoms with van der Waals surface area (Å²) in [5.41, 5.74) is 8.91. The lowest BCUT2D eigenvalue weighted by Crippen LogP contribution is -2.14. The van der Waals surface area contributed by atoms with Gasteiger partial charge >= 0.3 is 0 Å². The minimum Gasteiger partial charge on any atom is -0.399 e. The van der Waals surface area contributed by atoms with Crippen LogP contribution < -0.4 is 16.4 Å². The Labute approximate surface area is 148 Å². The Kier molecular flexibility index (Phi) is 6.61. The maximum atomic E-state index is 12.2. The van der Waals surface area contributed by atoms with Crippen molar-refractivity contribution in [3.8, 4) is 6.07 Å². The molecule has 0 aromatic heterocycles. The van der Waals surface area contributed by atoms with E-state index in [0.29, 0.717) is 11.4 Å². The Morgan fingerprint density at radius 3 is 2.36 bits per heavy atom. The first-order chi connectivity index (χ1) is 12.1. The number of nitrogens with two attached hydrogens (primary N) is 1. The van der Waals surface area contributed by atoms with Gasteiger partial charge in [-0.25, -0.2) is 0 Å². The Morgan fingerprint density at radius 1 is 1.12 bits per heavy atom. The molecule has 0 bridgehead atoms. The largest absolute Gasteiger partial charge is 0.399 e. The molecule has 2 aromatic rings. The molecule has 0 atom stereocenters. The number of nitriles is 1. The van der Waals surface area contributed by atoms with E-state index < -0.39 is 5.91 Å². The van der Waals surface area contributed by atoms with Crippen LogP contribution in [0, 0.1) is 11.3 Å². The Hall–Kier alpha value is -3.26. The van der Waals surface area contributed by atoms with Crippen LogP contribution in [0.5, 0.6) is 0 Å². The molecule has 0 fully saturated rings. The van der Waals surface area contributed by atoms with Crippen molar-refractivity contribution in [2.45, 2.75) is 26.2 Å². The number of carbonyl (C=O) groups is 1. The number of benzene rings is 2. The van der Waals surface area contributed by atoms with Gasteiger partial charge in [0.1, 0.15) is 11.6 Å². The van der Waals surface area contributed by atoms with Gasteiger partial charge < -0.3 is 16.4 Å². The lowest BCUT2D eigenvalue weighted by Gasteiger charge is -2.07. The molecule has 0 aliphatic heterocycles. The molecule has 0 aliphatic rings. The Balaban J connectivity index is 1.98. The van der Waals surface area contributed by atoms with Crippen molar-refractivity contribution in [3.05, 3.63) is 65.9 Å². The Morgan fingerprint density at radius 2 is 1.76 bits per heavy atom. The van der Waals surface area contributed by atoms with Gasteiger partial charge in [0.05, 0.1) is 0 Å². The number of hydrogen-bond acceptors (Lipinski definition) is 4. The van der Waals surface area contributed by atoms with E-state index in [1.165, 1.54) is 11.8 Å². The summed E-state index contributed by atoms with van der Waals surface area (Å²) in [5.74, 6) is -0.452. The van der Waals surface area contributed by atoms with E-state index in [9.17, 15) is 10.1 Å². The predicted molar refractivity (Wildman–Crippen MR) is 102 cm³/mol. The second kappa shape index (κ2) is 9.14. The van der Waals surface area contributed by atoms with Gasteiger partial charge in [-0.3, -0.25) is 4.79 Å². The second-order valence-electron chi connectivity index (χ2n) is 5.69. The molecular weight excluding hydrogens is 312 g/mol. The molecule has 5 heteroatoms. The van der Waals surface area contributed by atoms with Crippen molar-refractivity contribution < 1.29 is 4.79 Å². The summed E-state index contributed by atoms with van der Waals surface area (Å²) < 4.78 is 0. The first-order valence-electron chi connectivity index (χ1n) is 8.25. The van der Waals surface area contributed by atoms with Crippen LogP contribution in [0.25, 0.3) is 0 Å². The minimum absolute atomic E-state index is 0.00751. The van der Waals surface area contributed by atoms with Crippen LogP contribution in [0.15, 0.2) is 60.3 Å². The number of anilines is 3. The normalized spacial score (nSPS) is 10.8. The molecule has 128 valence electrons. The zero-order chi connectivity index (χ0) is 18.1. The third kappa shape index (κ3) is 5.70. The number of unbranched alkanes of at least 4 members (excludes halogenated alkanes) is 1. The molecule has 0 spiro atoms. The molecule has 1 amide bonds. The van der Waals surface area contributed by atoms with E-state index in [2.05, 4.69) is 17.6 Å². The summed E-state index contributed by atoms with van der Waals surface area (Å²) in [6, 6.07) is 16.6. The molecule has 0 unspecified atom stereocenters. The minimum atomic E-state index is -0.452. The van der Waals surface area contributed by atoms with Crippen LogP contribution in [0.3, 0.4) is 0 Å². The summed E-state index contributed by atoms with van der Waals surface area (Å²) in [4.78, 5) is 12.2. The smallest absolute Gasteiger partial charge is 0.267 e. The summed E-state index contributed by atoms with van der Waals surface area (Å²) in [6.45, 7) is 2.16. The van der Waals surface area contributed by atoms with Gasteiger partial charge in [-0.2, -0.15) is 5.26 Å². The Bertz CT molecular complexity index is 771. The molecule has 0 saturated carbocycles. The fourth-order valence-electron chi connectivity index (χ4n) is 2.22. The molecular formula is C20H22N4O. The molecule has 2 rings (SSSR count). The number of carbonyl (C=O) groups excluding carboxylic acids is 1. The third-order valence-electron chi connectivity index (χ3n) is 3.69. The number of nitrogen functional groups attached to an aromatic ring is 1. The van der Waals surface area contributed by atoms with Gasteiger partial charge in [-0.05, 0) is 54.8 Å². The maximum Gasteiger partial charge on any atom is 0.267 e. The fraction of sp³-hybridized carbons (Fsp3) is 0.200. The van der Waals surface area contributed by atoms with Crippen molar-refractivity contribution >= 4 is 23.0 Å². The molecule has 0 saturated heterocycles. The number of amides is 1. The standard InChI is InChI=1S/C20H22N4O/c1-2-3-4-15-5-9-19(10-6-15)24-20(25)16(13-21)14-23-18-11-7-17(22)8-12-18/h5-12,14,23H,2-4,22H2,1H3,(H,24,25)/b16-14-. The number of aryl methyl sites for hydroxylation is 1. The zero-order valence-corrected chi connectivity index (χ0v) is 14.3. The van der Waals surface area contributed by atoms with Gasteiger partial charge in [0, 0.05) is 23.3 Å². The van der Waals surface area contributed by atoms with E-state index in [-0.39, 0.29) is 5.57 Å². The zero-order valence-electron chi connectivity index (χ0n) is 14.3. The summed E-state index contributed by atoms with van der Waals surface area (Å²) in [7, 11) is 0. The molecule has 5 nitrogen and oxygen atoms in total. The molecule has 25 heavy (non-hydrogen) atoms. The molecule has 0 heterocycles. The van der Waals surface area contributed by atoms with E-state index in [1.54, 1.807) is 24.3 Å². The van der Waals surface area contributed by atoms with Gasteiger partial charge in [0.15, 0.2) is 0 Å². The van der Waals surface area contributed by atoms with E-state index in [0.717, 1.165) is 24.9 Å². The summed E-state index contributed by atoms with van der Waals surface area (Å²) in [6.07, 6.45) is 4.70. The quantitative estimate of drug-likeness (QED) is 0.404. The van der Waals surface area contributed by atoms with E-state index >= 15 is 0 Å². The highest BCUT2D eigenvalue weighted by atomic mass is 16.1. The van der Waals surface area contributed by atoms with E-state index in [4.69, 9.17) is 5.73 Å². The van der Waals surface area contributed by atoms with Crippen molar-refractivity contribution in [1.29, 1.82) is 5.26 Å². The first-order valence-corrected chi connectivity index (χ1v) is 8.25. The average Bonchev–Trinajstić information content (AvgIpc) is 2.63. The summed E-state index contributed by atoms with van der Waals surface area (Å²) >= 11 is 0. The van der Waals surface area contributed by atoms with Crippen molar-refractivity contribution in [2.75, 3.05) is 16.4 Å². The summed E-state index contributed by atoms with van der Waals surface area (Å²) in [5, 5.41) is 14.9. The van der Waals surface area contributed by atoms with Crippen LogP contribution in [0.2, 0.25) is 0 Å². The lowest BCUT2D eigenvalue weighted by molar-refractivity contribution is -0.112. The van der Waals surface area contributed by atoms with Crippen molar-refractivity contribution in [1.82, 2.24) is 0 Å². The number of nitrogens with zero attached hydrogens (tertiary/aromatic N) is 1. The highest BCUT2D eigenvalue weighted by Gasteiger charge is 2.09. The second-order valence-corrected chi connectivity index (χ2v) is 5.69. The molecule has 0 radical (unpaired) electrons. The van der Waals surface area contributed by atoms with Gasteiger partial charge in [-0.1, -0.05) is 25.5 Å². The first kappa shape index (κ1) is 18.1.